The van der Waals surface area contributed by atoms with Crippen LogP contribution in [0, 0.1) is 0 Å². The molecular weight excluding hydrogens is 618 g/mol. The summed E-state index contributed by atoms with van der Waals surface area (Å²) in [7, 11) is 1.36. The van der Waals surface area contributed by atoms with Crippen LogP contribution in [0.25, 0.3) is 0 Å². The lowest BCUT2D eigenvalue weighted by atomic mass is 10.1. The number of hydrogen-bond acceptors (Lipinski definition) is 11. The van der Waals surface area contributed by atoms with Crippen LogP contribution < -0.4 is 38.1 Å². The lowest BCUT2D eigenvalue weighted by molar-refractivity contribution is -0.141. The number of thioether (sulfide) groups is 1. The molecule has 252 valence electrons. The Morgan fingerprint density at radius 3 is 2.33 bits per heavy atom. The number of aliphatic carboxylic acids is 1. The van der Waals surface area contributed by atoms with E-state index in [-0.39, 0.29) is 63.2 Å². The summed E-state index contributed by atoms with van der Waals surface area (Å²) < 4.78 is 4.69. The van der Waals surface area contributed by atoms with Gasteiger partial charge in [-0.05, 0) is 12.8 Å². The number of methoxy groups -OCH3 is 1. The fraction of sp³-hybridized carbons (Fsp3) is 0.640. The molecule has 0 aliphatic carbocycles. The Morgan fingerprint density at radius 1 is 1.02 bits per heavy atom. The Kier molecular flexibility index (Phi) is 17.6. The van der Waals surface area contributed by atoms with Crippen molar-refractivity contribution in [2.75, 3.05) is 52.2 Å². The quantitative estimate of drug-likeness (QED) is 0.0249. The topological polar surface area (TPSA) is 294 Å². The van der Waals surface area contributed by atoms with E-state index in [1.54, 1.807) is 0 Å². The van der Waals surface area contributed by atoms with Crippen molar-refractivity contribution in [3.63, 3.8) is 0 Å². The lowest BCUT2D eigenvalue weighted by Crippen LogP contribution is -2.52. The molecule has 0 aromatic heterocycles. The van der Waals surface area contributed by atoms with E-state index < -0.39 is 71.7 Å². The first-order valence-electron chi connectivity index (χ1n) is 13.9. The third kappa shape index (κ3) is 15.7. The number of hydrogen-bond donors (Lipinski definition) is 8. The van der Waals surface area contributed by atoms with Gasteiger partial charge in [0.2, 0.25) is 41.4 Å². The van der Waals surface area contributed by atoms with E-state index in [2.05, 4.69) is 36.3 Å². The van der Waals surface area contributed by atoms with Crippen LogP contribution in [-0.2, 0) is 43.1 Å². The molecule has 0 aromatic carbocycles. The minimum atomic E-state index is -1.47. The molecular formula is C25H41N9O10S. The van der Waals surface area contributed by atoms with Gasteiger partial charge < -0.3 is 47.9 Å². The molecule has 1 unspecified atom stereocenters. The number of nitrogens with zero attached hydrogens (tertiary/aromatic N) is 2. The number of nitrogens with two attached hydrogens (primary N) is 2. The SMILES string of the molecule is COCC(=O)NCCN1C(=O)CC(SCCNC(=O)[C@H](CC(=O)O)NC(=O)CNC(=O)[C@H](CCCN=C(N)N)NC(C)=O)C1=O. The molecule has 10 N–H and O–H groups in total. The summed E-state index contributed by atoms with van der Waals surface area (Å²) in [5.41, 5.74) is 10.5. The summed E-state index contributed by atoms with van der Waals surface area (Å²) in [4.78, 5) is 101. The van der Waals surface area contributed by atoms with Crippen LogP contribution in [0.5, 0.6) is 0 Å². The van der Waals surface area contributed by atoms with E-state index in [0.29, 0.717) is 6.42 Å². The van der Waals surface area contributed by atoms with Crippen molar-refractivity contribution < 1.29 is 48.2 Å². The molecule has 1 saturated heterocycles. The molecule has 3 atom stereocenters. The normalized spacial score (nSPS) is 15.4. The number of rotatable bonds is 21. The van der Waals surface area contributed by atoms with E-state index in [1.807, 2.05) is 0 Å². The largest absolute Gasteiger partial charge is 0.481 e. The van der Waals surface area contributed by atoms with Crippen LogP contribution in [0.2, 0.25) is 0 Å². The van der Waals surface area contributed by atoms with E-state index in [4.69, 9.17) is 11.5 Å². The number of likely N-dealkylation sites (tertiary alicyclic amines) is 1. The van der Waals surface area contributed by atoms with Gasteiger partial charge in [-0.1, -0.05) is 0 Å². The van der Waals surface area contributed by atoms with Crippen molar-refractivity contribution in [2.24, 2.45) is 16.5 Å². The highest BCUT2D eigenvalue weighted by Gasteiger charge is 2.38. The fourth-order valence-corrected chi connectivity index (χ4v) is 4.98. The third-order valence-electron chi connectivity index (χ3n) is 5.95. The van der Waals surface area contributed by atoms with Gasteiger partial charge in [0.1, 0.15) is 18.7 Å². The van der Waals surface area contributed by atoms with E-state index in [9.17, 15) is 43.5 Å². The first-order valence-corrected chi connectivity index (χ1v) is 14.9. The van der Waals surface area contributed by atoms with Gasteiger partial charge in [-0.3, -0.25) is 48.2 Å². The molecule has 20 heteroatoms. The van der Waals surface area contributed by atoms with E-state index in [0.717, 1.165) is 16.7 Å². The Morgan fingerprint density at radius 2 is 1.71 bits per heavy atom. The highest BCUT2D eigenvalue weighted by molar-refractivity contribution is 8.00. The second-order valence-electron chi connectivity index (χ2n) is 9.66. The number of carbonyl (C=O) groups is 8. The van der Waals surface area contributed by atoms with Gasteiger partial charge in [0.15, 0.2) is 5.96 Å². The number of nitrogens with one attached hydrogen (secondary N) is 5. The Labute approximate surface area is 263 Å². The summed E-state index contributed by atoms with van der Waals surface area (Å²) in [6.07, 6.45) is -0.285. The second-order valence-corrected chi connectivity index (χ2v) is 11.0. The van der Waals surface area contributed by atoms with Crippen molar-refractivity contribution >= 4 is 65.0 Å². The van der Waals surface area contributed by atoms with E-state index >= 15 is 0 Å². The number of carboxylic acid groups (broad SMARTS) is 1. The first kappa shape index (κ1) is 38.6. The third-order valence-corrected chi connectivity index (χ3v) is 7.16. The van der Waals surface area contributed by atoms with Gasteiger partial charge in [0.25, 0.3) is 0 Å². The molecule has 1 aliphatic rings. The molecule has 19 nitrogen and oxygen atoms in total. The molecule has 1 rings (SSSR count). The zero-order chi connectivity index (χ0) is 33.9. The van der Waals surface area contributed by atoms with Gasteiger partial charge >= 0.3 is 5.97 Å². The van der Waals surface area contributed by atoms with Crippen LogP contribution >= 0.6 is 11.8 Å². The van der Waals surface area contributed by atoms with E-state index in [1.165, 1.54) is 14.0 Å². The zero-order valence-electron chi connectivity index (χ0n) is 25.1. The van der Waals surface area contributed by atoms with Crippen LogP contribution in [0.15, 0.2) is 4.99 Å². The summed E-state index contributed by atoms with van der Waals surface area (Å²) in [6, 6.07) is -2.46. The van der Waals surface area contributed by atoms with Crippen LogP contribution in [0.4, 0.5) is 0 Å². The predicted octanol–water partition coefficient (Wildman–Crippen LogP) is -4.64. The number of guanidine groups is 1. The summed E-state index contributed by atoms with van der Waals surface area (Å²) in [5.74, 6) is -5.33. The fourth-order valence-electron chi connectivity index (χ4n) is 3.94. The van der Waals surface area contributed by atoms with Gasteiger partial charge in [-0.2, -0.15) is 0 Å². The minimum Gasteiger partial charge on any atom is -0.481 e. The lowest BCUT2D eigenvalue weighted by Gasteiger charge is -2.19. The number of aliphatic imine (C=N–C) groups is 1. The molecule has 45 heavy (non-hydrogen) atoms. The smallest absolute Gasteiger partial charge is 0.305 e. The maximum Gasteiger partial charge on any atom is 0.305 e. The molecule has 1 aliphatic heterocycles. The number of carbonyl (C=O) groups excluding carboxylic acids is 7. The molecule has 1 heterocycles. The predicted molar refractivity (Wildman–Crippen MR) is 160 cm³/mol. The van der Waals surface area contributed by atoms with Gasteiger partial charge in [-0.25, -0.2) is 0 Å². The van der Waals surface area contributed by atoms with Gasteiger partial charge in [0, 0.05) is 52.4 Å². The molecule has 0 aromatic rings. The average Bonchev–Trinajstić information content (AvgIpc) is 3.22. The molecule has 0 saturated carbocycles. The summed E-state index contributed by atoms with van der Waals surface area (Å²) >= 11 is 1.12. The highest BCUT2D eigenvalue weighted by Crippen LogP contribution is 2.24. The minimum absolute atomic E-state index is 0.00445. The van der Waals surface area contributed by atoms with Crippen LogP contribution in [0.1, 0.15) is 32.6 Å². The number of ether oxygens (including phenoxy) is 1. The summed E-state index contributed by atoms with van der Waals surface area (Å²) in [6.45, 7) is 0.743. The molecule has 0 radical (unpaired) electrons. The summed E-state index contributed by atoms with van der Waals surface area (Å²) in [5, 5.41) is 20.6. The maximum atomic E-state index is 12.6. The Bertz CT molecular complexity index is 1130. The van der Waals surface area contributed by atoms with Crippen molar-refractivity contribution in [2.45, 2.75) is 49.9 Å². The number of carboxylic acids is 1. The van der Waals surface area contributed by atoms with Crippen molar-refractivity contribution in [3.05, 3.63) is 0 Å². The second kappa shape index (κ2) is 20.5. The number of imide groups is 1. The molecule has 1 fully saturated rings. The maximum absolute atomic E-state index is 12.6. The standard InChI is InChI=1S/C25H41N9O10S/c1-14(35)32-15(4-3-5-30-25(26)27)22(41)31-12-18(36)33-16(10-21(39)40)23(42)29-7-9-45-17-11-20(38)34(24(17)43)8-6-28-19(37)13-44-2/h15-17H,3-13H2,1-2H3,(H,28,37)(H,29,42)(H,31,41)(H,32,35)(H,33,36)(H,39,40)(H4,26,27,30)/t15-,16-,17?/m0/s1. The monoisotopic (exact) mass is 659 g/mol. The average molecular weight is 660 g/mol. The molecule has 0 spiro atoms. The van der Waals surface area contributed by atoms with Crippen molar-refractivity contribution in [3.8, 4) is 0 Å². The zero-order valence-corrected chi connectivity index (χ0v) is 25.9. The molecule has 0 bridgehead atoms. The Hall–Kier alpha value is -4.46. The van der Waals surface area contributed by atoms with Crippen molar-refractivity contribution in [1.82, 2.24) is 31.5 Å². The highest BCUT2D eigenvalue weighted by atomic mass is 32.2. The van der Waals surface area contributed by atoms with Gasteiger partial charge in [0.05, 0.1) is 18.2 Å². The van der Waals surface area contributed by atoms with Gasteiger partial charge in [-0.15, -0.1) is 11.8 Å². The first-order chi connectivity index (χ1) is 21.2. The number of amides is 7. The van der Waals surface area contributed by atoms with Crippen molar-refractivity contribution in [1.29, 1.82) is 0 Å². The Balaban J connectivity index is 2.54. The van der Waals surface area contributed by atoms with Crippen LogP contribution in [-0.4, -0.2) is 133 Å². The van der Waals surface area contributed by atoms with Crippen LogP contribution in [0.3, 0.4) is 0 Å². The molecule has 7 amide bonds.